The van der Waals surface area contributed by atoms with E-state index in [2.05, 4.69) is 5.32 Å². The number of carbonyl (C=O) groups excluding carboxylic acids is 1. The number of nitrogens with zero attached hydrogens (tertiary/aromatic N) is 1. The van der Waals surface area contributed by atoms with Crippen LogP contribution in [-0.4, -0.2) is 17.9 Å². The number of nitrogens with one attached hydrogen (secondary N) is 1. The number of benzene rings is 2. The van der Waals surface area contributed by atoms with E-state index >= 15 is 0 Å². The largest absolute Gasteiger partial charge is 0.444 e. The first-order chi connectivity index (χ1) is 12.2. The Hall–Kier alpha value is -2.91. The number of hydrogen-bond donors (Lipinski definition) is 2. The number of alkyl carbamates (subject to hydrolysis) is 1. The van der Waals surface area contributed by atoms with E-state index in [9.17, 15) is 9.18 Å². The number of halogens is 1. The second-order valence-corrected chi connectivity index (χ2v) is 6.96. The molecule has 0 saturated carbocycles. The Morgan fingerprint density at radius 3 is 2.38 bits per heavy atom. The maximum Gasteiger partial charge on any atom is 0.408 e. The number of rotatable bonds is 4. The lowest BCUT2D eigenvalue weighted by Crippen LogP contribution is -2.45. The molecule has 0 unspecified atom stereocenters. The lowest BCUT2D eigenvalue weighted by molar-refractivity contribution is 0.0506. The van der Waals surface area contributed by atoms with Gasteiger partial charge in [-0.2, -0.15) is 5.26 Å². The smallest absolute Gasteiger partial charge is 0.408 e. The Kier molecular flexibility index (Phi) is 5.96. The van der Waals surface area contributed by atoms with E-state index in [-0.39, 0.29) is 5.56 Å². The van der Waals surface area contributed by atoms with Crippen LogP contribution >= 0.6 is 0 Å². The van der Waals surface area contributed by atoms with Gasteiger partial charge in [-0.05, 0) is 49.6 Å². The van der Waals surface area contributed by atoms with Gasteiger partial charge in [0.15, 0.2) is 0 Å². The average Bonchev–Trinajstić information content (AvgIpc) is 2.53. The third-order valence-corrected chi connectivity index (χ3v) is 3.53. The molecule has 0 aromatic heterocycles. The zero-order valence-corrected chi connectivity index (χ0v) is 15.0. The van der Waals surface area contributed by atoms with Crippen molar-refractivity contribution in [1.82, 2.24) is 5.32 Å². The summed E-state index contributed by atoms with van der Waals surface area (Å²) in [5.41, 5.74) is 7.80. The van der Waals surface area contributed by atoms with Crippen LogP contribution in [0.2, 0.25) is 0 Å². The summed E-state index contributed by atoms with van der Waals surface area (Å²) in [6, 6.07) is 13.7. The van der Waals surface area contributed by atoms with Crippen molar-refractivity contribution in [2.45, 2.75) is 39.0 Å². The summed E-state index contributed by atoms with van der Waals surface area (Å²) < 4.78 is 18.9. The predicted molar refractivity (Wildman–Crippen MR) is 97.6 cm³/mol. The van der Waals surface area contributed by atoms with Gasteiger partial charge in [0.1, 0.15) is 17.5 Å². The van der Waals surface area contributed by atoms with Crippen molar-refractivity contribution in [1.29, 1.82) is 5.26 Å². The van der Waals surface area contributed by atoms with E-state index in [1.165, 1.54) is 12.1 Å². The first kappa shape index (κ1) is 19.4. The summed E-state index contributed by atoms with van der Waals surface area (Å²) >= 11 is 0. The monoisotopic (exact) mass is 355 g/mol. The minimum absolute atomic E-state index is 0.0181. The normalized spacial score (nSPS) is 12.2. The van der Waals surface area contributed by atoms with Crippen LogP contribution in [0.5, 0.6) is 0 Å². The number of carbonyl (C=O) groups is 1. The molecule has 2 rings (SSSR count). The second-order valence-electron chi connectivity index (χ2n) is 6.96. The molecule has 2 aromatic rings. The van der Waals surface area contributed by atoms with Gasteiger partial charge in [0.25, 0.3) is 0 Å². The van der Waals surface area contributed by atoms with E-state index in [1.807, 2.05) is 24.3 Å². The van der Waals surface area contributed by atoms with Crippen LogP contribution in [0, 0.1) is 17.1 Å². The maximum absolute atomic E-state index is 13.7. The predicted octanol–water partition coefficient (Wildman–Crippen LogP) is 3.72. The Labute approximate surface area is 152 Å². The number of hydrogen-bond acceptors (Lipinski definition) is 4. The molecule has 2 aromatic carbocycles. The van der Waals surface area contributed by atoms with Crippen molar-refractivity contribution < 1.29 is 13.9 Å². The van der Waals surface area contributed by atoms with Gasteiger partial charge in [-0.1, -0.05) is 30.3 Å². The molecule has 0 saturated heterocycles. The van der Waals surface area contributed by atoms with Gasteiger partial charge in [-0.15, -0.1) is 0 Å². The number of nitriles is 1. The highest BCUT2D eigenvalue weighted by atomic mass is 19.1. The number of nitrogens with two attached hydrogens (primary N) is 1. The van der Waals surface area contributed by atoms with Crippen molar-refractivity contribution >= 4 is 6.09 Å². The molecule has 0 aliphatic rings. The Morgan fingerprint density at radius 1 is 1.23 bits per heavy atom. The van der Waals surface area contributed by atoms with Gasteiger partial charge in [0.05, 0.1) is 11.7 Å². The van der Waals surface area contributed by atoms with E-state index in [1.54, 1.807) is 32.9 Å². The van der Waals surface area contributed by atoms with Crippen LogP contribution in [0.25, 0.3) is 11.1 Å². The molecule has 0 fully saturated rings. The summed E-state index contributed by atoms with van der Waals surface area (Å²) in [5, 5.41) is 11.4. The zero-order chi connectivity index (χ0) is 19.3. The fourth-order valence-corrected chi connectivity index (χ4v) is 2.38. The summed E-state index contributed by atoms with van der Waals surface area (Å²) in [6.07, 6.45) is -0.709. The summed E-state index contributed by atoms with van der Waals surface area (Å²) in [7, 11) is 0. The Bertz CT molecular complexity index is 820. The topological polar surface area (TPSA) is 88.1 Å². The van der Waals surface area contributed by atoms with Gasteiger partial charge >= 0.3 is 6.09 Å². The van der Waals surface area contributed by atoms with Gasteiger partial charge in [-0.25, -0.2) is 9.18 Å². The van der Waals surface area contributed by atoms with Crippen molar-refractivity contribution in [3.05, 3.63) is 59.4 Å². The van der Waals surface area contributed by atoms with Crippen LogP contribution < -0.4 is 11.1 Å². The molecule has 1 atom stereocenters. The molecule has 26 heavy (non-hydrogen) atoms. The van der Waals surface area contributed by atoms with Crippen LogP contribution in [0.4, 0.5) is 9.18 Å². The molecular formula is C20H22FN3O2. The molecule has 0 bridgehead atoms. The van der Waals surface area contributed by atoms with Crippen LogP contribution in [0.15, 0.2) is 42.5 Å². The van der Waals surface area contributed by atoms with Gasteiger partial charge in [-0.3, -0.25) is 0 Å². The lowest BCUT2D eigenvalue weighted by atomic mass is 10.0. The quantitative estimate of drug-likeness (QED) is 0.818. The zero-order valence-electron chi connectivity index (χ0n) is 15.0. The first-order valence-electron chi connectivity index (χ1n) is 8.22. The molecule has 136 valence electrons. The Morgan fingerprint density at radius 2 is 1.85 bits per heavy atom. The molecule has 0 aliphatic carbocycles. The van der Waals surface area contributed by atoms with E-state index in [0.717, 1.165) is 11.1 Å². The van der Waals surface area contributed by atoms with E-state index < -0.39 is 23.7 Å². The molecule has 5 nitrogen and oxygen atoms in total. The Balaban J connectivity index is 2.00. The van der Waals surface area contributed by atoms with Crippen molar-refractivity contribution in [3.63, 3.8) is 0 Å². The molecule has 0 aliphatic heterocycles. The molecule has 0 heterocycles. The summed E-state index contributed by atoms with van der Waals surface area (Å²) in [5.74, 6) is -0.544. The molecule has 1 amide bonds. The molecule has 6 heteroatoms. The average molecular weight is 355 g/mol. The van der Waals surface area contributed by atoms with Crippen molar-refractivity contribution in [2.24, 2.45) is 5.73 Å². The first-order valence-corrected chi connectivity index (χ1v) is 8.22. The van der Waals surface area contributed by atoms with Crippen LogP contribution in [0.3, 0.4) is 0 Å². The highest BCUT2D eigenvalue weighted by Gasteiger charge is 2.18. The third kappa shape index (κ3) is 5.57. The second kappa shape index (κ2) is 7.98. The van der Waals surface area contributed by atoms with Gasteiger partial charge in [0.2, 0.25) is 0 Å². The molecule has 3 N–H and O–H groups in total. The van der Waals surface area contributed by atoms with Crippen molar-refractivity contribution in [3.8, 4) is 17.2 Å². The fourth-order valence-electron chi connectivity index (χ4n) is 2.38. The molecule has 0 spiro atoms. The van der Waals surface area contributed by atoms with Crippen LogP contribution in [-0.2, 0) is 11.2 Å². The minimum Gasteiger partial charge on any atom is -0.444 e. The lowest BCUT2D eigenvalue weighted by Gasteiger charge is -2.22. The maximum atomic E-state index is 13.7. The number of ether oxygens (including phenoxy) is 1. The van der Waals surface area contributed by atoms with Crippen molar-refractivity contribution in [2.75, 3.05) is 0 Å². The van der Waals surface area contributed by atoms with E-state index in [4.69, 9.17) is 15.7 Å². The van der Waals surface area contributed by atoms with Crippen LogP contribution in [0.1, 0.15) is 31.9 Å². The minimum atomic E-state index is -0.582. The van der Waals surface area contributed by atoms with Gasteiger partial charge in [0, 0.05) is 6.42 Å². The molecule has 0 radical (unpaired) electrons. The van der Waals surface area contributed by atoms with Gasteiger partial charge < -0.3 is 15.8 Å². The summed E-state index contributed by atoms with van der Waals surface area (Å²) in [6.45, 7) is 5.34. The SMILES string of the molecule is CC(C)(C)OC(=O)N[C@H](N)Cc1ccc(-c2ccc(C#N)c(F)c2)cc1. The standard InChI is InChI=1S/C20H22FN3O2/c1-20(2,3)26-19(25)24-18(23)10-13-4-6-14(7-5-13)15-8-9-16(12-22)17(21)11-15/h4-9,11,18H,10,23H2,1-3H3,(H,24,25)/t18-/m0/s1. The van der Waals surface area contributed by atoms with E-state index in [0.29, 0.717) is 12.0 Å². The highest BCUT2D eigenvalue weighted by molar-refractivity contribution is 5.68. The number of amides is 1. The highest BCUT2D eigenvalue weighted by Crippen LogP contribution is 2.22. The fraction of sp³-hybridized carbons (Fsp3) is 0.300. The molecular weight excluding hydrogens is 333 g/mol. The summed E-state index contributed by atoms with van der Waals surface area (Å²) in [4.78, 5) is 11.7. The third-order valence-electron chi connectivity index (χ3n) is 3.53.